The van der Waals surface area contributed by atoms with Crippen LogP contribution in [0.5, 0.6) is 0 Å². The van der Waals surface area contributed by atoms with Crippen molar-refractivity contribution in [1.82, 2.24) is 4.98 Å². The molecular formula is C28H30N2O5. The Labute approximate surface area is 204 Å². The molecule has 1 saturated carbocycles. The summed E-state index contributed by atoms with van der Waals surface area (Å²) >= 11 is 0. The van der Waals surface area contributed by atoms with Gasteiger partial charge in [0.1, 0.15) is 18.0 Å². The van der Waals surface area contributed by atoms with Crippen LogP contribution in [-0.4, -0.2) is 38.8 Å². The van der Waals surface area contributed by atoms with Crippen LogP contribution >= 0.6 is 0 Å². The molecule has 7 heteroatoms. The lowest BCUT2D eigenvalue weighted by Gasteiger charge is -2.44. The first-order valence-electron chi connectivity index (χ1n) is 11.7. The molecule has 4 N–H and O–H groups in total. The maximum atomic E-state index is 13.5. The van der Waals surface area contributed by atoms with Crippen LogP contribution in [0.1, 0.15) is 49.1 Å². The fourth-order valence-electron chi connectivity index (χ4n) is 5.60. The molecule has 35 heavy (non-hydrogen) atoms. The lowest BCUT2D eigenvalue weighted by atomic mass is 9.61. The van der Waals surface area contributed by atoms with E-state index in [1.54, 1.807) is 20.0 Å². The van der Waals surface area contributed by atoms with Gasteiger partial charge in [-0.05, 0) is 87.3 Å². The zero-order chi connectivity index (χ0) is 25.7. The average Bonchev–Trinajstić information content (AvgIpc) is 2.78. The van der Waals surface area contributed by atoms with Crippen LogP contribution in [-0.2, 0) is 20.8 Å². The Bertz CT molecular complexity index is 1320. The van der Waals surface area contributed by atoms with Crippen LogP contribution in [0, 0.1) is 25.7 Å². The summed E-state index contributed by atoms with van der Waals surface area (Å²) < 4.78 is 0. The monoisotopic (exact) mass is 474 g/mol. The Morgan fingerprint density at radius 2 is 1.97 bits per heavy atom. The van der Waals surface area contributed by atoms with E-state index in [4.69, 9.17) is 5.73 Å². The number of amides is 1. The Balaban J connectivity index is 1.86. The van der Waals surface area contributed by atoms with Crippen molar-refractivity contribution in [3.05, 3.63) is 69.6 Å². The van der Waals surface area contributed by atoms with Gasteiger partial charge in [0.25, 0.3) is 0 Å². The van der Waals surface area contributed by atoms with Gasteiger partial charge in [0, 0.05) is 28.6 Å². The molecule has 1 heterocycles. The van der Waals surface area contributed by atoms with Crippen LogP contribution in [0.3, 0.4) is 0 Å². The maximum Gasteiger partial charge on any atom is 0.244 e. The van der Waals surface area contributed by atoms with Gasteiger partial charge in [0.05, 0.1) is 5.60 Å². The number of rotatable bonds is 5. The average molecular weight is 475 g/mol. The minimum Gasteiger partial charge on any atom is -0.507 e. The zero-order valence-electron chi connectivity index (χ0n) is 20.4. The number of aldehydes is 1. The van der Waals surface area contributed by atoms with Crippen LogP contribution in [0.4, 0.5) is 0 Å². The number of primary amides is 1. The SMILES string of the molecule is C/C(C[C@]1(O)CC2Cc3c(-c4ccnc(C)c4)ccc(C)c3C(O)=C2C(=O)C1C=O)=C(/C)C(N)=O. The fraction of sp³-hybridized carbons (Fsp3) is 0.357. The highest BCUT2D eigenvalue weighted by Gasteiger charge is 2.52. The first kappa shape index (κ1) is 24.5. The van der Waals surface area contributed by atoms with Crippen molar-refractivity contribution in [3.63, 3.8) is 0 Å². The smallest absolute Gasteiger partial charge is 0.244 e. The van der Waals surface area contributed by atoms with E-state index in [0.717, 1.165) is 27.9 Å². The van der Waals surface area contributed by atoms with Gasteiger partial charge in [-0.25, -0.2) is 0 Å². The highest BCUT2D eigenvalue weighted by molar-refractivity contribution is 6.11. The third-order valence-corrected chi connectivity index (χ3v) is 7.52. The summed E-state index contributed by atoms with van der Waals surface area (Å²) in [5.74, 6) is -3.15. The molecule has 1 fully saturated rings. The summed E-state index contributed by atoms with van der Waals surface area (Å²) in [5.41, 5.74) is 9.76. The molecule has 0 saturated heterocycles. The topological polar surface area (TPSA) is 131 Å². The Hall–Kier alpha value is -3.58. The Morgan fingerprint density at radius 3 is 2.60 bits per heavy atom. The standard InChI is InChI=1S/C28H30N2O5/c1-14-5-6-20(18-7-8-30-16(3)9-18)21-10-19-12-28(35,11-15(2)17(4)27(29)34)22(13-31)25(32)24(19)26(33)23(14)21/h5-9,13,19,22,33,35H,10-12H2,1-4H3,(H2,29,34)/b17-15+/t19?,22?,28-/m0/s1. The number of Topliss-reactive ketones (excluding diaryl/α,β-unsaturated/α-hetero) is 1. The van der Waals surface area contributed by atoms with Gasteiger partial charge in [0.15, 0.2) is 5.78 Å². The molecule has 2 aliphatic carbocycles. The van der Waals surface area contributed by atoms with Crippen molar-refractivity contribution in [3.8, 4) is 11.1 Å². The second-order valence-corrected chi connectivity index (χ2v) is 9.86. The summed E-state index contributed by atoms with van der Waals surface area (Å²) in [6, 6.07) is 7.77. The number of fused-ring (bicyclic) bond motifs is 2. The van der Waals surface area contributed by atoms with E-state index in [1.165, 1.54) is 0 Å². The van der Waals surface area contributed by atoms with E-state index in [1.807, 2.05) is 38.1 Å². The number of pyridine rings is 1. The quantitative estimate of drug-likeness (QED) is 0.345. The summed E-state index contributed by atoms with van der Waals surface area (Å²) in [6.07, 6.45) is 2.65. The third-order valence-electron chi connectivity index (χ3n) is 7.52. The fourth-order valence-corrected chi connectivity index (χ4v) is 5.60. The molecule has 182 valence electrons. The molecule has 3 atom stereocenters. The number of carbonyl (C=O) groups is 3. The molecule has 4 rings (SSSR count). The molecule has 1 amide bonds. The van der Waals surface area contributed by atoms with Crippen LogP contribution < -0.4 is 5.73 Å². The lowest BCUT2D eigenvalue weighted by molar-refractivity contribution is -0.141. The van der Waals surface area contributed by atoms with E-state index >= 15 is 0 Å². The van der Waals surface area contributed by atoms with Crippen molar-refractivity contribution in [2.24, 2.45) is 17.6 Å². The van der Waals surface area contributed by atoms with Gasteiger partial charge in [-0.1, -0.05) is 17.7 Å². The summed E-state index contributed by atoms with van der Waals surface area (Å²) in [5, 5.41) is 22.9. The molecule has 7 nitrogen and oxygen atoms in total. The maximum absolute atomic E-state index is 13.5. The zero-order valence-corrected chi connectivity index (χ0v) is 20.4. The van der Waals surface area contributed by atoms with E-state index in [0.29, 0.717) is 29.4 Å². The molecule has 0 radical (unpaired) electrons. The molecule has 0 bridgehead atoms. The first-order valence-corrected chi connectivity index (χ1v) is 11.7. The number of nitrogens with two attached hydrogens (primary N) is 1. The number of hydrogen-bond donors (Lipinski definition) is 3. The van der Waals surface area contributed by atoms with Crippen molar-refractivity contribution in [2.75, 3.05) is 0 Å². The van der Waals surface area contributed by atoms with Gasteiger partial charge in [-0.15, -0.1) is 0 Å². The summed E-state index contributed by atoms with van der Waals surface area (Å²) in [4.78, 5) is 41.4. The Kier molecular flexibility index (Phi) is 6.23. The lowest BCUT2D eigenvalue weighted by Crippen LogP contribution is -2.52. The number of aliphatic hydroxyl groups is 2. The van der Waals surface area contributed by atoms with Crippen molar-refractivity contribution < 1.29 is 24.6 Å². The number of ketones is 1. The Morgan fingerprint density at radius 1 is 1.26 bits per heavy atom. The largest absolute Gasteiger partial charge is 0.507 e. The molecule has 1 aromatic heterocycles. The summed E-state index contributed by atoms with van der Waals surface area (Å²) in [6.45, 7) is 7.00. The van der Waals surface area contributed by atoms with E-state index in [9.17, 15) is 24.6 Å². The van der Waals surface area contributed by atoms with E-state index in [-0.39, 0.29) is 24.2 Å². The van der Waals surface area contributed by atoms with Gasteiger partial charge in [-0.2, -0.15) is 0 Å². The molecule has 2 aliphatic rings. The normalized spacial score (nSPS) is 24.4. The van der Waals surface area contributed by atoms with Gasteiger partial charge in [-0.3, -0.25) is 14.6 Å². The first-order chi connectivity index (χ1) is 16.5. The number of allylic oxidation sites excluding steroid dienone is 1. The van der Waals surface area contributed by atoms with Gasteiger partial charge >= 0.3 is 0 Å². The number of carbonyl (C=O) groups excluding carboxylic acids is 3. The van der Waals surface area contributed by atoms with Crippen molar-refractivity contribution in [1.29, 1.82) is 0 Å². The minimum atomic E-state index is -1.69. The van der Waals surface area contributed by atoms with Gasteiger partial charge < -0.3 is 20.7 Å². The second-order valence-electron chi connectivity index (χ2n) is 9.86. The van der Waals surface area contributed by atoms with Crippen LogP contribution in [0.15, 0.2) is 47.2 Å². The number of hydrogen-bond acceptors (Lipinski definition) is 6. The van der Waals surface area contributed by atoms with Crippen LogP contribution in [0.25, 0.3) is 16.9 Å². The van der Waals surface area contributed by atoms with Crippen molar-refractivity contribution >= 4 is 23.7 Å². The van der Waals surface area contributed by atoms with E-state index in [2.05, 4.69) is 4.98 Å². The van der Waals surface area contributed by atoms with Crippen molar-refractivity contribution in [2.45, 2.75) is 52.6 Å². The molecule has 0 spiro atoms. The van der Waals surface area contributed by atoms with Gasteiger partial charge in [0.2, 0.25) is 5.91 Å². The highest BCUT2D eigenvalue weighted by atomic mass is 16.3. The second kappa shape index (κ2) is 8.89. The number of aliphatic hydroxyl groups excluding tert-OH is 1. The number of aromatic nitrogens is 1. The molecule has 0 aliphatic heterocycles. The number of benzene rings is 1. The number of nitrogens with zero attached hydrogens (tertiary/aromatic N) is 1. The predicted octanol–water partition coefficient (Wildman–Crippen LogP) is 3.54. The van der Waals surface area contributed by atoms with E-state index < -0.39 is 29.1 Å². The molecule has 2 aromatic rings. The minimum absolute atomic E-state index is 0.0431. The number of aryl methyl sites for hydroxylation is 2. The molecular weight excluding hydrogens is 444 g/mol. The predicted molar refractivity (Wildman–Crippen MR) is 132 cm³/mol. The molecule has 2 unspecified atom stereocenters. The molecule has 1 aromatic carbocycles. The third kappa shape index (κ3) is 4.10. The highest BCUT2D eigenvalue weighted by Crippen LogP contribution is 2.49. The summed E-state index contributed by atoms with van der Waals surface area (Å²) in [7, 11) is 0. The van der Waals surface area contributed by atoms with Crippen LogP contribution in [0.2, 0.25) is 0 Å².